The fraction of sp³-hybridized carbons (Fsp3) is 0.533. The SMILES string of the molecule is CCC(C)CC(CC)(Nc1ccc(F)cc1)C(=O)O. The summed E-state index contributed by atoms with van der Waals surface area (Å²) in [5.74, 6) is -0.881. The van der Waals surface area contributed by atoms with Crippen LogP contribution in [-0.2, 0) is 4.79 Å². The van der Waals surface area contributed by atoms with Crippen LogP contribution in [0.2, 0.25) is 0 Å². The predicted octanol–water partition coefficient (Wildman–Crippen LogP) is 3.91. The van der Waals surface area contributed by atoms with Crippen LogP contribution in [0.3, 0.4) is 0 Å². The van der Waals surface area contributed by atoms with Gasteiger partial charge in [-0.15, -0.1) is 0 Å². The van der Waals surface area contributed by atoms with Crippen molar-refractivity contribution in [3.05, 3.63) is 30.1 Å². The number of nitrogens with one attached hydrogen (secondary N) is 1. The van der Waals surface area contributed by atoms with Gasteiger partial charge in [0.25, 0.3) is 0 Å². The maximum atomic E-state index is 12.9. The highest BCUT2D eigenvalue weighted by molar-refractivity contribution is 5.82. The van der Waals surface area contributed by atoms with E-state index in [9.17, 15) is 14.3 Å². The van der Waals surface area contributed by atoms with Gasteiger partial charge in [0.05, 0.1) is 0 Å². The minimum absolute atomic E-state index is 0.309. The molecule has 2 unspecified atom stereocenters. The molecule has 4 heteroatoms. The number of carbonyl (C=O) groups is 1. The second kappa shape index (κ2) is 6.55. The Morgan fingerprint density at radius 3 is 2.37 bits per heavy atom. The van der Waals surface area contributed by atoms with Crippen molar-refractivity contribution in [3.63, 3.8) is 0 Å². The molecule has 0 bridgehead atoms. The minimum Gasteiger partial charge on any atom is -0.480 e. The number of aliphatic carboxylic acids is 1. The van der Waals surface area contributed by atoms with E-state index in [4.69, 9.17) is 0 Å². The molecule has 0 fully saturated rings. The molecule has 0 radical (unpaired) electrons. The van der Waals surface area contributed by atoms with Crippen molar-refractivity contribution in [2.24, 2.45) is 5.92 Å². The molecule has 0 saturated heterocycles. The summed E-state index contributed by atoms with van der Waals surface area (Å²) in [5, 5.41) is 12.6. The van der Waals surface area contributed by atoms with Crippen LogP contribution in [0.25, 0.3) is 0 Å². The van der Waals surface area contributed by atoms with Crippen LogP contribution in [0.4, 0.5) is 10.1 Å². The lowest BCUT2D eigenvalue weighted by atomic mass is 9.84. The molecule has 0 heterocycles. The average Bonchev–Trinajstić information content (AvgIpc) is 2.40. The number of rotatable bonds is 7. The highest BCUT2D eigenvalue weighted by atomic mass is 19.1. The van der Waals surface area contributed by atoms with E-state index < -0.39 is 11.5 Å². The molecule has 0 aliphatic carbocycles. The summed E-state index contributed by atoms with van der Waals surface area (Å²) < 4.78 is 12.9. The predicted molar refractivity (Wildman–Crippen MR) is 74.8 cm³/mol. The molecule has 0 amide bonds. The van der Waals surface area contributed by atoms with Crippen LogP contribution in [-0.4, -0.2) is 16.6 Å². The molecule has 0 aliphatic heterocycles. The zero-order chi connectivity index (χ0) is 14.5. The van der Waals surface area contributed by atoms with Gasteiger partial charge in [-0.05, 0) is 43.0 Å². The lowest BCUT2D eigenvalue weighted by Gasteiger charge is -2.32. The van der Waals surface area contributed by atoms with E-state index in [0.717, 1.165) is 6.42 Å². The zero-order valence-electron chi connectivity index (χ0n) is 11.7. The molecular formula is C15H22FNO2. The van der Waals surface area contributed by atoms with E-state index in [0.29, 0.717) is 24.4 Å². The third-order valence-corrected chi connectivity index (χ3v) is 3.63. The van der Waals surface area contributed by atoms with Gasteiger partial charge < -0.3 is 10.4 Å². The molecule has 19 heavy (non-hydrogen) atoms. The van der Waals surface area contributed by atoms with E-state index in [1.54, 1.807) is 12.1 Å². The lowest BCUT2D eigenvalue weighted by molar-refractivity contribution is -0.143. The standard InChI is InChI=1S/C15H22FNO2/c1-4-11(3)10-15(5-2,14(18)19)17-13-8-6-12(16)7-9-13/h6-9,11,17H,4-5,10H2,1-3H3,(H,18,19). The topological polar surface area (TPSA) is 49.3 Å². The summed E-state index contributed by atoms with van der Waals surface area (Å²) in [7, 11) is 0. The third-order valence-electron chi connectivity index (χ3n) is 3.63. The summed E-state index contributed by atoms with van der Waals surface area (Å²) in [6, 6.07) is 5.79. The second-order valence-electron chi connectivity index (χ2n) is 5.09. The van der Waals surface area contributed by atoms with Gasteiger partial charge in [0, 0.05) is 5.69 Å². The highest BCUT2D eigenvalue weighted by Crippen LogP contribution is 2.28. The Morgan fingerprint density at radius 1 is 1.37 bits per heavy atom. The quantitative estimate of drug-likeness (QED) is 0.787. The van der Waals surface area contributed by atoms with Gasteiger partial charge in [0.1, 0.15) is 11.4 Å². The lowest BCUT2D eigenvalue weighted by Crippen LogP contribution is -2.47. The first kappa shape index (κ1) is 15.5. The van der Waals surface area contributed by atoms with Gasteiger partial charge in [-0.1, -0.05) is 27.2 Å². The molecule has 3 nitrogen and oxygen atoms in total. The van der Waals surface area contributed by atoms with E-state index in [1.807, 2.05) is 20.8 Å². The molecule has 0 spiro atoms. The van der Waals surface area contributed by atoms with Crippen LogP contribution in [0.5, 0.6) is 0 Å². The summed E-state index contributed by atoms with van der Waals surface area (Å²) >= 11 is 0. The van der Waals surface area contributed by atoms with Crippen LogP contribution >= 0.6 is 0 Å². The third kappa shape index (κ3) is 3.94. The maximum Gasteiger partial charge on any atom is 0.329 e. The molecular weight excluding hydrogens is 245 g/mol. The molecule has 0 saturated carbocycles. The summed E-state index contributed by atoms with van der Waals surface area (Å²) in [4.78, 5) is 11.6. The number of hydrogen-bond donors (Lipinski definition) is 2. The Hall–Kier alpha value is -1.58. The van der Waals surface area contributed by atoms with Crippen LogP contribution in [0.15, 0.2) is 24.3 Å². The van der Waals surface area contributed by atoms with Crippen molar-refractivity contribution in [2.45, 2.75) is 45.6 Å². The Morgan fingerprint density at radius 2 is 1.95 bits per heavy atom. The number of benzene rings is 1. The van der Waals surface area contributed by atoms with Crippen molar-refractivity contribution >= 4 is 11.7 Å². The van der Waals surface area contributed by atoms with Crippen molar-refractivity contribution in [1.82, 2.24) is 0 Å². The fourth-order valence-corrected chi connectivity index (χ4v) is 2.12. The maximum absolute atomic E-state index is 12.9. The summed E-state index contributed by atoms with van der Waals surface area (Å²) in [6.07, 6.45) is 1.96. The number of halogens is 1. The fourth-order valence-electron chi connectivity index (χ4n) is 2.12. The van der Waals surface area contributed by atoms with Gasteiger partial charge in [0.15, 0.2) is 0 Å². The van der Waals surface area contributed by atoms with Gasteiger partial charge in [-0.3, -0.25) is 0 Å². The molecule has 0 aromatic heterocycles. The van der Waals surface area contributed by atoms with Crippen LogP contribution in [0.1, 0.15) is 40.0 Å². The summed E-state index contributed by atoms with van der Waals surface area (Å²) in [5.41, 5.74) is -0.360. The van der Waals surface area contributed by atoms with Gasteiger partial charge in [-0.25, -0.2) is 9.18 Å². The molecule has 1 aromatic rings. The first-order valence-electron chi connectivity index (χ1n) is 6.70. The Labute approximate surface area is 113 Å². The smallest absolute Gasteiger partial charge is 0.329 e. The van der Waals surface area contributed by atoms with Crippen molar-refractivity contribution in [3.8, 4) is 0 Å². The van der Waals surface area contributed by atoms with Crippen LogP contribution in [0, 0.1) is 11.7 Å². The summed E-state index contributed by atoms with van der Waals surface area (Å²) in [6.45, 7) is 5.94. The number of carboxylic acid groups (broad SMARTS) is 1. The minimum atomic E-state index is -0.993. The number of carboxylic acids is 1. The van der Waals surface area contributed by atoms with Crippen molar-refractivity contribution in [1.29, 1.82) is 0 Å². The Balaban J connectivity index is 2.96. The monoisotopic (exact) mass is 267 g/mol. The zero-order valence-corrected chi connectivity index (χ0v) is 11.7. The highest BCUT2D eigenvalue weighted by Gasteiger charge is 2.37. The van der Waals surface area contributed by atoms with Gasteiger partial charge in [-0.2, -0.15) is 0 Å². The Bertz CT molecular complexity index is 419. The molecule has 0 aliphatic rings. The normalized spacial score (nSPS) is 15.6. The van der Waals surface area contributed by atoms with Crippen LogP contribution < -0.4 is 5.32 Å². The first-order valence-corrected chi connectivity index (χ1v) is 6.70. The average molecular weight is 267 g/mol. The van der Waals surface area contributed by atoms with Gasteiger partial charge in [0.2, 0.25) is 0 Å². The van der Waals surface area contributed by atoms with Gasteiger partial charge >= 0.3 is 5.97 Å². The molecule has 2 N–H and O–H groups in total. The largest absolute Gasteiger partial charge is 0.480 e. The van der Waals surface area contributed by atoms with E-state index in [2.05, 4.69) is 5.32 Å². The Kier molecular flexibility index (Phi) is 5.33. The molecule has 106 valence electrons. The molecule has 1 aromatic carbocycles. The first-order chi connectivity index (χ1) is 8.93. The van der Waals surface area contributed by atoms with E-state index >= 15 is 0 Å². The van der Waals surface area contributed by atoms with E-state index in [-0.39, 0.29) is 5.82 Å². The number of hydrogen-bond acceptors (Lipinski definition) is 2. The molecule has 2 atom stereocenters. The van der Waals surface area contributed by atoms with Crippen molar-refractivity contribution in [2.75, 3.05) is 5.32 Å². The van der Waals surface area contributed by atoms with E-state index in [1.165, 1.54) is 12.1 Å². The number of anilines is 1. The second-order valence-corrected chi connectivity index (χ2v) is 5.09. The van der Waals surface area contributed by atoms with Crippen molar-refractivity contribution < 1.29 is 14.3 Å². The molecule has 1 rings (SSSR count).